The van der Waals surface area contributed by atoms with Crippen LogP contribution in [0.25, 0.3) is 5.57 Å². The summed E-state index contributed by atoms with van der Waals surface area (Å²) in [5, 5.41) is 38.5. The maximum absolute atomic E-state index is 9.76. The van der Waals surface area contributed by atoms with E-state index < -0.39 is 16.7 Å². The van der Waals surface area contributed by atoms with Gasteiger partial charge in [0, 0.05) is 5.92 Å². The third kappa shape index (κ3) is 3.02. The Morgan fingerprint density at radius 2 is 1.23 bits per heavy atom. The van der Waals surface area contributed by atoms with Crippen LogP contribution in [0.1, 0.15) is 17.5 Å². The van der Waals surface area contributed by atoms with Gasteiger partial charge < -0.3 is 9.47 Å². The van der Waals surface area contributed by atoms with Gasteiger partial charge in [0.15, 0.2) is 10.8 Å². The fraction of sp³-hybridized carbons (Fsp3) is 0.250. The van der Waals surface area contributed by atoms with Crippen molar-refractivity contribution in [1.82, 2.24) is 0 Å². The Labute approximate surface area is 175 Å². The van der Waals surface area contributed by atoms with Gasteiger partial charge in [-0.05, 0) is 47.4 Å². The third-order valence-corrected chi connectivity index (χ3v) is 5.66. The van der Waals surface area contributed by atoms with Crippen molar-refractivity contribution in [2.24, 2.45) is 16.7 Å². The highest BCUT2D eigenvalue weighted by Gasteiger charge is 2.68. The molecule has 1 saturated carbocycles. The van der Waals surface area contributed by atoms with Crippen molar-refractivity contribution in [3.63, 3.8) is 0 Å². The van der Waals surface area contributed by atoms with E-state index >= 15 is 0 Å². The minimum Gasteiger partial charge on any atom is -0.497 e. The summed E-state index contributed by atoms with van der Waals surface area (Å²) >= 11 is 0. The Morgan fingerprint density at radius 1 is 0.800 bits per heavy atom. The quantitative estimate of drug-likeness (QED) is 0.750. The molecule has 0 bridgehead atoms. The van der Waals surface area contributed by atoms with Gasteiger partial charge in [-0.15, -0.1) is 0 Å². The molecule has 30 heavy (non-hydrogen) atoms. The Morgan fingerprint density at radius 3 is 1.57 bits per heavy atom. The first-order valence-corrected chi connectivity index (χ1v) is 9.18. The van der Waals surface area contributed by atoms with Crippen LogP contribution in [0.2, 0.25) is 0 Å². The van der Waals surface area contributed by atoms with Crippen molar-refractivity contribution in [3.05, 3.63) is 65.7 Å². The first-order valence-electron chi connectivity index (χ1n) is 9.18. The average Bonchev–Trinajstić information content (AvgIpc) is 2.80. The number of methoxy groups -OCH3 is 2. The van der Waals surface area contributed by atoms with Crippen LogP contribution in [-0.4, -0.2) is 14.2 Å². The van der Waals surface area contributed by atoms with Gasteiger partial charge in [-0.1, -0.05) is 30.3 Å². The van der Waals surface area contributed by atoms with Crippen molar-refractivity contribution < 1.29 is 9.47 Å². The van der Waals surface area contributed by atoms with Gasteiger partial charge in [0.2, 0.25) is 0 Å². The van der Waals surface area contributed by atoms with Crippen molar-refractivity contribution in [1.29, 1.82) is 21.0 Å². The molecule has 0 radical (unpaired) electrons. The van der Waals surface area contributed by atoms with Crippen LogP contribution in [0.3, 0.4) is 0 Å². The first-order chi connectivity index (χ1) is 14.5. The summed E-state index contributed by atoms with van der Waals surface area (Å²) in [6.07, 6.45) is 1.94. The Bertz CT molecular complexity index is 1060. The van der Waals surface area contributed by atoms with Crippen LogP contribution in [0.4, 0.5) is 0 Å². The Hall–Kier alpha value is -4.26. The highest BCUT2D eigenvalue weighted by Crippen LogP contribution is 2.61. The molecule has 1 aliphatic rings. The number of benzene rings is 2. The van der Waals surface area contributed by atoms with E-state index in [4.69, 9.17) is 9.47 Å². The molecule has 2 aromatic rings. The highest BCUT2D eigenvalue weighted by molar-refractivity contribution is 5.81. The predicted molar refractivity (Wildman–Crippen MR) is 108 cm³/mol. The van der Waals surface area contributed by atoms with E-state index in [9.17, 15) is 21.0 Å². The van der Waals surface area contributed by atoms with Crippen molar-refractivity contribution in [3.8, 4) is 35.8 Å². The molecule has 6 nitrogen and oxygen atoms in total. The number of ether oxygens (including phenoxy) is 2. The molecule has 0 spiro atoms. The summed E-state index contributed by atoms with van der Waals surface area (Å²) in [6.45, 7) is 0. The zero-order valence-electron chi connectivity index (χ0n) is 16.6. The summed E-state index contributed by atoms with van der Waals surface area (Å²) in [5.41, 5.74) is -0.845. The fourth-order valence-corrected chi connectivity index (χ4v) is 3.79. The third-order valence-electron chi connectivity index (χ3n) is 5.66. The predicted octanol–water partition coefficient (Wildman–Crippen LogP) is 4.22. The van der Waals surface area contributed by atoms with E-state index in [1.165, 1.54) is 0 Å². The summed E-state index contributed by atoms with van der Waals surface area (Å²) in [4.78, 5) is 0. The molecule has 1 fully saturated rings. The van der Waals surface area contributed by atoms with Crippen LogP contribution in [0, 0.1) is 62.1 Å². The standard InChI is InChI=1S/C24H18N4O2/c1-29-20-7-3-17(4-8-20)22(18-5-9-21(30-2)10-6-18)11-19-12-23(13-25,14-26)24(19,15-27)16-28/h3-11,19H,12H2,1-2H3. The van der Waals surface area contributed by atoms with Gasteiger partial charge in [0.05, 0.1) is 38.5 Å². The first kappa shape index (κ1) is 20.5. The smallest absolute Gasteiger partial charge is 0.181 e. The van der Waals surface area contributed by atoms with Gasteiger partial charge >= 0.3 is 0 Å². The lowest BCUT2D eigenvalue weighted by Crippen LogP contribution is -2.55. The van der Waals surface area contributed by atoms with Crippen molar-refractivity contribution in [2.45, 2.75) is 6.42 Å². The molecule has 0 heterocycles. The number of nitrogens with zero attached hydrogens (tertiary/aromatic N) is 4. The van der Waals surface area contributed by atoms with Crippen LogP contribution < -0.4 is 9.47 Å². The van der Waals surface area contributed by atoms with Crippen molar-refractivity contribution in [2.75, 3.05) is 14.2 Å². The minimum atomic E-state index is -1.72. The highest BCUT2D eigenvalue weighted by atomic mass is 16.5. The summed E-state index contributed by atoms with van der Waals surface area (Å²) in [6, 6.07) is 22.6. The number of hydrogen-bond acceptors (Lipinski definition) is 6. The monoisotopic (exact) mass is 394 g/mol. The molecule has 0 aromatic heterocycles. The molecule has 1 aliphatic carbocycles. The molecule has 0 amide bonds. The average molecular weight is 394 g/mol. The lowest BCUT2D eigenvalue weighted by molar-refractivity contribution is 0.0715. The number of nitriles is 4. The van der Waals surface area contributed by atoms with Crippen LogP contribution in [-0.2, 0) is 0 Å². The van der Waals surface area contributed by atoms with Crippen LogP contribution in [0.5, 0.6) is 11.5 Å². The molecule has 1 unspecified atom stereocenters. The van der Waals surface area contributed by atoms with E-state index in [0.29, 0.717) is 11.5 Å². The molecule has 1 atom stereocenters. The lowest BCUT2D eigenvalue weighted by atomic mass is 9.45. The molecule has 0 aliphatic heterocycles. The van der Waals surface area contributed by atoms with Gasteiger partial charge in [-0.3, -0.25) is 0 Å². The van der Waals surface area contributed by atoms with Gasteiger partial charge in [0.1, 0.15) is 11.5 Å². The molecular formula is C24H18N4O2. The van der Waals surface area contributed by atoms with Gasteiger partial charge in [-0.25, -0.2) is 0 Å². The zero-order chi connectivity index (χ0) is 21.8. The van der Waals surface area contributed by atoms with Gasteiger partial charge in [-0.2, -0.15) is 21.0 Å². The van der Waals surface area contributed by atoms with Gasteiger partial charge in [0.25, 0.3) is 0 Å². The van der Waals surface area contributed by atoms with E-state index in [0.717, 1.165) is 16.7 Å². The maximum atomic E-state index is 9.76. The molecule has 2 aromatic carbocycles. The summed E-state index contributed by atoms with van der Waals surface area (Å²) < 4.78 is 10.5. The topological polar surface area (TPSA) is 114 Å². The molecular weight excluding hydrogens is 376 g/mol. The molecule has 3 rings (SSSR count). The Balaban J connectivity index is 2.14. The molecule has 6 heteroatoms. The number of allylic oxidation sites excluding steroid dienone is 1. The lowest BCUT2D eigenvalue weighted by Gasteiger charge is -2.47. The zero-order valence-corrected chi connectivity index (χ0v) is 16.6. The van der Waals surface area contributed by atoms with Crippen LogP contribution >= 0.6 is 0 Å². The van der Waals surface area contributed by atoms with E-state index in [2.05, 4.69) is 0 Å². The number of hydrogen-bond donors (Lipinski definition) is 0. The summed E-state index contributed by atoms with van der Waals surface area (Å²) in [5.74, 6) is 0.840. The summed E-state index contributed by atoms with van der Waals surface area (Å²) in [7, 11) is 3.17. The maximum Gasteiger partial charge on any atom is 0.181 e. The largest absolute Gasteiger partial charge is 0.497 e. The number of rotatable bonds is 5. The second-order valence-corrected chi connectivity index (χ2v) is 7.01. The van der Waals surface area contributed by atoms with E-state index in [1.54, 1.807) is 14.2 Å². The van der Waals surface area contributed by atoms with E-state index in [-0.39, 0.29) is 6.42 Å². The Kier molecular flexibility index (Phi) is 5.46. The molecule has 146 valence electrons. The normalized spacial score (nSPS) is 17.6. The fourth-order valence-electron chi connectivity index (χ4n) is 3.79. The van der Waals surface area contributed by atoms with E-state index in [1.807, 2.05) is 78.9 Å². The molecule has 0 N–H and O–H groups in total. The SMILES string of the molecule is COc1ccc(C(=CC2CC(C#N)(C#N)C2(C#N)C#N)c2ccc(OC)cc2)cc1. The second-order valence-electron chi connectivity index (χ2n) is 7.01. The molecule has 0 saturated heterocycles. The van der Waals surface area contributed by atoms with Crippen molar-refractivity contribution >= 4 is 5.57 Å². The van der Waals surface area contributed by atoms with Crippen LogP contribution in [0.15, 0.2) is 54.6 Å². The second kappa shape index (κ2) is 8.00. The minimum absolute atomic E-state index is 0.122.